The molecule has 1 rings (SSSR count). The van der Waals surface area contributed by atoms with E-state index in [1.165, 1.54) is 6.92 Å². The maximum atomic E-state index is 14.9. The number of ether oxygens (including phenoxy) is 1. The lowest BCUT2D eigenvalue weighted by molar-refractivity contribution is -0.200. The quantitative estimate of drug-likeness (QED) is 0.399. The van der Waals surface area contributed by atoms with E-state index in [2.05, 4.69) is 26.0 Å². The third-order valence-corrected chi connectivity index (χ3v) is 5.36. The molecule has 0 spiro atoms. The average Bonchev–Trinajstić information content (AvgIpc) is 2.57. The van der Waals surface area contributed by atoms with E-state index in [1.807, 2.05) is 0 Å². The number of benzene rings is 1. The first-order valence-electron chi connectivity index (χ1n) is 8.61. The van der Waals surface area contributed by atoms with Gasteiger partial charge in [-0.1, -0.05) is 20.8 Å². The predicted octanol–water partition coefficient (Wildman–Crippen LogP) is 6.75. The van der Waals surface area contributed by atoms with Gasteiger partial charge in [-0.2, -0.15) is 8.78 Å². The fourth-order valence-corrected chi connectivity index (χ4v) is 3.87. The van der Waals surface area contributed by atoms with E-state index in [4.69, 9.17) is 0 Å². The van der Waals surface area contributed by atoms with Gasteiger partial charge >= 0.3 is 6.61 Å². The van der Waals surface area contributed by atoms with Crippen molar-refractivity contribution in [2.75, 3.05) is 5.32 Å². The van der Waals surface area contributed by atoms with E-state index in [-0.39, 0.29) is 10.2 Å². The summed E-state index contributed by atoms with van der Waals surface area (Å²) in [4.78, 5) is 11.3. The molecule has 3 nitrogen and oxygen atoms in total. The Kier molecular flexibility index (Phi) is 7.83. The Hall–Kier alpha value is -1.45. The van der Waals surface area contributed by atoms with E-state index < -0.39 is 60.4 Å². The molecule has 0 saturated carbocycles. The Morgan fingerprint density at radius 1 is 1.07 bits per heavy atom. The van der Waals surface area contributed by atoms with Crippen molar-refractivity contribution in [2.24, 2.45) is 0 Å². The molecule has 0 unspecified atom stereocenters. The average molecular weight is 478 g/mol. The summed E-state index contributed by atoms with van der Waals surface area (Å²) in [6.07, 6.45) is -2.42. The lowest BCUT2D eigenvalue weighted by Crippen LogP contribution is -2.57. The molecule has 0 aliphatic carbocycles. The van der Waals surface area contributed by atoms with Crippen LogP contribution in [0.25, 0.3) is 0 Å². The highest BCUT2D eigenvalue weighted by Crippen LogP contribution is 2.56. The highest BCUT2D eigenvalue weighted by atomic mass is 79.9. The minimum Gasteiger partial charge on any atom is -0.433 e. The van der Waals surface area contributed by atoms with E-state index in [9.17, 15) is 31.1 Å². The van der Waals surface area contributed by atoms with Crippen LogP contribution in [-0.4, -0.2) is 24.4 Å². The normalized spacial score (nSPS) is 13.0. The molecule has 0 bridgehead atoms. The maximum absolute atomic E-state index is 14.9. The number of hydrogen-bond acceptors (Lipinski definition) is 2. The number of anilines is 1. The van der Waals surface area contributed by atoms with Crippen LogP contribution in [0, 0.1) is 0 Å². The molecule has 28 heavy (non-hydrogen) atoms. The van der Waals surface area contributed by atoms with Crippen molar-refractivity contribution in [1.82, 2.24) is 0 Å². The molecule has 1 N–H and O–H groups in total. The largest absolute Gasteiger partial charge is 0.433 e. The van der Waals surface area contributed by atoms with Gasteiger partial charge in [0.15, 0.2) is 5.75 Å². The Morgan fingerprint density at radius 2 is 1.57 bits per heavy atom. The number of carbonyl (C=O) groups is 1. The molecule has 1 aromatic carbocycles. The lowest BCUT2D eigenvalue weighted by atomic mass is 9.66. The van der Waals surface area contributed by atoms with Gasteiger partial charge in [-0.05, 0) is 40.0 Å². The number of amides is 1. The second kappa shape index (κ2) is 8.92. The number of carbonyl (C=O) groups excluding carboxylic acids is 1. The number of alkyl halides is 6. The van der Waals surface area contributed by atoms with Gasteiger partial charge in [0.2, 0.25) is 5.91 Å². The molecule has 10 heteroatoms. The molecule has 0 aliphatic heterocycles. The topological polar surface area (TPSA) is 38.3 Å². The summed E-state index contributed by atoms with van der Waals surface area (Å²) < 4.78 is 89.6. The van der Waals surface area contributed by atoms with Crippen LogP contribution in [0.15, 0.2) is 16.6 Å². The van der Waals surface area contributed by atoms with E-state index in [0.29, 0.717) is 0 Å². The summed E-state index contributed by atoms with van der Waals surface area (Å²) in [5, 5.41) is 2.23. The molecule has 160 valence electrons. The second-order valence-corrected chi connectivity index (χ2v) is 7.12. The minimum atomic E-state index is -3.85. The summed E-state index contributed by atoms with van der Waals surface area (Å²) in [5.41, 5.74) is -3.78. The molecule has 1 aromatic rings. The van der Waals surface area contributed by atoms with Crippen molar-refractivity contribution >= 4 is 27.5 Å². The molecule has 0 fully saturated rings. The van der Waals surface area contributed by atoms with Crippen molar-refractivity contribution in [3.05, 3.63) is 22.2 Å². The second-order valence-electron chi connectivity index (χ2n) is 6.27. The monoisotopic (exact) mass is 477 g/mol. The van der Waals surface area contributed by atoms with Gasteiger partial charge in [0.1, 0.15) is 5.41 Å². The van der Waals surface area contributed by atoms with Gasteiger partial charge in [0.25, 0.3) is 11.8 Å². The van der Waals surface area contributed by atoms with Crippen LogP contribution in [0.3, 0.4) is 0 Å². The van der Waals surface area contributed by atoms with Crippen LogP contribution in [-0.2, 0) is 10.2 Å². The molecule has 0 aromatic heterocycles. The zero-order valence-electron chi connectivity index (χ0n) is 15.8. The Bertz CT molecular complexity index is 696. The van der Waals surface area contributed by atoms with E-state index >= 15 is 0 Å². The van der Waals surface area contributed by atoms with Crippen LogP contribution in [0.1, 0.15) is 52.5 Å². The van der Waals surface area contributed by atoms with Gasteiger partial charge in [-0.3, -0.25) is 4.79 Å². The van der Waals surface area contributed by atoms with Gasteiger partial charge in [-0.25, -0.2) is 17.6 Å². The Morgan fingerprint density at radius 3 is 1.93 bits per heavy atom. The fraction of sp³-hybridized carbons (Fsp3) is 0.611. The van der Waals surface area contributed by atoms with Crippen LogP contribution in [0.5, 0.6) is 5.75 Å². The van der Waals surface area contributed by atoms with E-state index in [0.717, 1.165) is 32.9 Å². The van der Waals surface area contributed by atoms with Crippen LogP contribution in [0.2, 0.25) is 0 Å². The van der Waals surface area contributed by atoms with Crippen LogP contribution in [0.4, 0.5) is 32.0 Å². The summed E-state index contributed by atoms with van der Waals surface area (Å²) in [6, 6.07) is 1.71. The number of halogens is 7. The molecule has 1 amide bonds. The van der Waals surface area contributed by atoms with Crippen molar-refractivity contribution in [2.45, 2.75) is 70.8 Å². The zero-order valence-corrected chi connectivity index (χ0v) is 17.4. The summed E-state index contributed by atoms with van der Waals surface area (Å²) in [5.74, 6) is -9.03. The predicted molar refractivity (Wildman–Crippen MR) is 97.5 cm³/mol. The smallest absolute Gasteiger partial charge is 0.387 e. The molecule has 0 atom stereocenters. The standard InChI is InChI=1S/C18H22BrF6NO2/c1-5-16(17(22,23)6-2,18(24,25)7-3)11-8-12(19)14(26-10(4)27)13(9-11)28-15(20)21/h8-9,15H,5-7H2,1-4H3,(H,26,27). The van der Waals surface area contributed by atoms with E-state index in [1.54, 1.807) is 0 Å². The van der Waals surface area contributed by atoms with Crippen molar-refractivity contribution in [1.29, 1.82) is 0 Å². The third kappa shape index (κ3) is 4.41. The molecule has 0 heterocycles. The summed E-state index contributed by atoms with van der Waals surface area (Å²) in [6.45, 7) is 1.08. The Labute approximate surface area is 167 Å². The van der Waals surface area contributed by atoms with Crippen molar-refractivity contribution < 1.29 is 35.9 Å². The lowest BCUT2D eigenvalue weighted by Gasteiger charge is -2.45. The molecule has 0 aliphatic rings. The van der Waals surface area contributed by atoms with Crippen molar-refractivity contribution in [3.8, 4) is 5.75 Å². The maximum Gasteiger partial charge on any atom is 0.387 e. The summed E-state index contributed by atoms with van der Waals surface area (Å²) in [7, 11) is 0. The van der Waals surface area contributed by atoms with Gasteiger partial charge in [0, 0.05) is 24.2 Å². The number of rotatable bonds is 9. The number of hydrogen-bond donors (Lipinski definition) is 1. The highest BCUT2D eigenvalue weighted by Gasteiger charge is 2.66. The van der Waals surface area contributed by atoms with Crippen LogP contribution >= 0.6 is 15.9 Å². The first-order valence-corrected chi connectivity index (χ1v) is 9.40. The zero-order chi connectivity index (χ0) is 21.9. The number of nitrogens with one attached hydrogen (secondary N) is 1. The first kappa shape index (κ1) is 24.6. The van der Waals surface area contributed by atoms with Crippen LogP contribution < -0.4 is 10.1 Å². The first-order chi connectivity index (χ1) is 12.8. The highest BCUT2D eigenvalue weighted by molar-refractivity contribution is 9.10. The summed E-state index contributed by atoms with van der Waals surface area (Å²) >= 11 is 2.99. The van der Waals surface area contributed by atoms with Gasteiger partial charge in [-0.15, -0.1) is 0 Å². The molecular weight excluding hydrogens is 456 g/mol. The molecule has 0 radical (unpaired) electrons. The third-order valence-electron chi connectivity index (χ3n) is 4.73. The van der Waals surface area contributed by atoms with Crippen molar-refractivity contribution in [3.63, 3.8) is 0 Å². The fourth-order valence-electron chi connectivity index (χ4n) is 3.33. The SMILES string of the molecule is CCC(F)(F)C(CC)(c1cc(Br)c(NC(C)=O)c(OC(F)F)c1)C(F)(F)CC. The van der Waals surface area contributed by atoms with Gasteiger partial charge < -0.3 is 10.1 Å². The van der Waals surface area contributed by atoms with Gasteiger partial charge in [0.05, 0.1) is 5.69 Å². The molecule has 0 saturated heterocycles. The minimum absolute atomic E-state index is 0.132. The Balaban J connectivity index is 3.89. The molecular formula is C18H22BrF6NO2.